The first-order chi connectivity index (χ1) is 8.58. The van der Waals surface area contributed by atoms with Gasteiger partial charge in [0.15, 0.2) is 0 Å². The smallest absolute Gasteiger partial charge is 0.00674 e. The van der Waals surface area contributed by atoms with Gasteiger partial charge in [0, 0.05) is 6.04 Å². The van der Waals surface area contributed by atoms with Gasteiger partial charge in [-0.2, -0.15) is 0 Å². The topological polar surface area (TPSA) is 26.0 Å². The Bertz CT molecular complexity index is 212. The number of nitrogens with two attached hydrogens (primary N) is 1. The van der Waals surface area contributed by atoms with Crippen molar-refractivity contribution < 1.29 is 0 Å². The van der Waals surface area contributed by atoms with Gasteiger partial charge in [0.2, 0.25) is 0 Å². The van der Waals surface area contributed by atoms with Gasteiger partial charge < -0.3 is 5.73 Å². The quantitative estimate of drug-likeness (QED) is 0.679. The average Bonchev–Trinajstić information content (AvgIpc) is 2.36. The van der Waals surface area contributed by atoms with Crippen LogP contribution in [-0.2, 0) is 0 Å². The van der Waals surface area contributed by atoms with Gasteiger partial charge >= 0.3 is 0 Å². The van der Waals surface area contributed by atoms with Crippen LogP contribution in [0.25, 0.3) is 0 Å². The van der Waals surface area contributed by atoms with Crippen LogP contribution in [0.3, 0.4) is 0 Å². The zero-order valence-electron chi connectivity index (χ0n) is 13.1. The first kappa shape index (κ1) is 16.0. The Morgan fingerprint density at radius 3 is 2.44 bits per heavy atom. The Kier molecular flexibility index (Phi) is 7.29. The molecule has 1 heteroatoms. The van der Waals surface area contributed by atoms with Crippen LogP contribution in [0.2, 0.25) is 0 Å². The second kappa shape index (κ2) is 8.19. The lowest BCUT2D eigenvalue weighted by Crippen LogP contribution is -2.38. The lowest BCUT2D eigenvalue weighted by atomic mass is 9.70. The van der Waals surface area contributed by atoms with Crippen molar-refractivity contribution in [1.29, 1.82) is 0 Å². The number of rotatable bonds is 7. The summed E-state index contributed by atoms with van der Waals surface area (Å²) in [6.07, 6.45) is 10.9. The van der Waals surface area contributed by atoms with Crippen molar-refractivity contribution in [2.45, 2.75) is 85.1 Å². The van der Waals surface area contributed by atoms with Crippen molar-refractivity contribution in [3.63, 3.8) is 0 Å². The van der Waals surface area contributed by atoms with E-state index in [-0.39, 0.29) is 0 Å². The third-order valence-corrected chi connectivity index (χ3v) is 5.20. The number of hydrogen-bond acceptors (Lipinski definition) is 1. The van der Waals surface area contributed by atoms with Crippen molar-refractivity contribution in [2.75, 3.05) is 0 Å². The Hall–Kier alpha value is -0.0400. The summed E-state index contributed by atoms with van der Waals surface area (Å²) in [5.41, 5.74) is 6.37. The molecular formula is C17H35N. The van der Waals surface area contributed by atoms with E-state index >= 15 is 0 Å². The summed E-state index contributed by atoms with van der Waals surface area (Å²) in [4.78, 5) is 0. The molecule has 1 aliphatic rings. The van der Waals surface area contributed by atoms with Gasteiger partial charge in [-0.1, -0.05) is 53.4 Å². The molecule has 1 saturated carbocycles. The Morgan fingerprint density at radius 2 is 1.89 bits per heavy atom. The Labute approximate surface area is 115 Å². The van der Waals surface area contributed by atoms with E-state index < -0.39 is 0 Å². The maximum absolute atomic E-state index is 6.37. The first-order valence-corrected chi connectivity index (χ1v) is 8.33. The highest BCUT2D eigenvalue weighted by atomic mass is 14.7. The van der Waals surface area contributed by atoms with E-state index in [9.17, 15) is 0 Å². The highest BCUT2D eigenvalue weighted by Gasteiger charge is 2.30. The van der Waals surface area contributed by atoms with Crippen LogP contribution < -0.4 is 5.73 Å². The molecule has 0 spiro atoms. The van der Waals surface area contributed by atoms with Crippen molar-refractivity contribution in [3.05, 3.63) is 0 Å². The fourth-order valence-electron chi connectivity index (χ4n) is 3.61. The molecule has 108 valence electrons. The predicted octanol–water partition coefficient (Wildman–Crippen LogP) is 4.99. The molecule has 0 bridgehead atoms. The summed E-state index contributed by atoms with van der Waals surface area (Å²) in [7, 11) is 0. The van der Waals surface area contributed by atoms with E-state index in [0.717, 1.165) is 23.7 Å². The summed E-state index contributed by atoms with van der Waals surface area (Å²) >= 11 is 0. The largest absolute Gasteiger partial charge is 0.327 e. The minimum Gasteiger partial charge on any atom is -0.327 e. The molecule has 0 aromatic carbocycles. The maximum atomic E-state index is 6.37. The fourth-order valence-corrected chi connectivity index (χ4v) is 3.61. The molecule has 18 heavy (non-hydrogen) atoms. The predicted molar refractivity (Wildman–Crippen MR) is 81.6 cm³/mol. The van der Waals surface area contributed by atoms with Crippen LogP contribution in [0.15, 0.2) is 0 Å². The normalized spacial score (nSPS) is 30.7. The fraction of sp³-hybridized carbons (Fsp3) is 1.00. The second-order valence-electron chi connectivity index (χ2n) is 6.89. The molecular weight excluding hydrogens is 218 g/mol. The van der Waals surface area contributed by atoms with Crippen LogP contribution >= 0.6 is 0 Å². The minimum absolute atomic E-state index is 0.482. The number of hydrogen-bond donors (Lipinski definition) is 1. The van der Waals surface area contributed by atoms with Crippen LogP contribution in [0.1, 0.15) is 79.1 Å². The molecule has 1 nitrogen and oxygen atoms in total. The Balaban J connectivity index is 2.46. The van der Waals surface area contributed by atoms with Gasteiger partial charge in [0.05, 0.1) is 0 Å². The zero-order chi connectivity index (χ0) is 13.5. The lowest BCUT2D eigenvalue weighted by molar-refractivity contribution is 0.161. The average molecular weight is 253 g/mol. The first-order valence-electron chi connectivity index (χ1n) is 8.33. The van der Waals surface area contributed by atoms with E-state index in [1.807, 2.05) is 0 Å². The van der Waals surface area contributed by atoms with Gasteiger partial charge in [-0.3, -0.25) is 0 Å². The van der Waals surface area contributed by atoms with Gasteiger partial charge in [-0.25, -0.2) is 0 Å². The lowest BCUT2D eigenvalue weighted by Gasteiger charge is -2.37. The molecule has 2 N–H and O–H groups in total. The summed E-state index contributed by atoms with van der Waals surface area (Å²) in [6, 6.07) is 0.482. The molecule has 4 atom stereocenters. The highest BCUT2D eigenvalue weighted by Crippen LogP contribution is 2.37. The van der Waals surface area contributed by atoms with Crippen LogP contribution in [0, 0.1) is 23.7 Å². The summed E-state index contributed by atoms with van der Waals surface area (Å²) in [6.45, 7) is 9.42. The van der Waals surface area contributed by atoms with Gasteiger partial charge in [-0.15, -0.1) is 0 Å². The molecule has 0 aromatic rings. The third kappa shape index (κ3) is 4.91. The molecule has 0 radical (unpaired) electrons. The molecule has 4 unspecified atom stereocenters. The SMILES string of the molecule is CCCCC(CC)CC1CC(C(C)C)CCC1N. The summed E-state index contributed by atoms with van der Waals surface area (Å²) in [5.74, 6) is 3.49. The van der Waals surface area contributed by atoms with Crippen molar-refractivity contribution in [1.82, 2.24) is 0 Å². The Morgan fingerprint density at radius 1 is 1.17 bits per heavy atom. The molecule has 0 aliphatic heterocycles. The third-order valence-electron chi connectivity index (χ3n) is 5.20. The second-order valence-corrected chi connectivity index (χ2v) is 6.89. The van der Waals surface area contributed by atoms with Gasteiger partial charge in [0.25, 0.3) is 0 Å². The zero-order valence-corrected chi connectivity index (χ0v) is 13.1. The van der Waals surface area contributed by atoms with Crippen LogP contribution in [0.4, 0.5) is 0 Å². The molecule has 0 aromatic heterocycles. The van der Waals surface area contributed by atoms with E-state index in [1.54, 1.807) is 0 Å². The molecule has 0 amide bonds. The highest BCUT2D eigenvalue weighted by molar-refractivity contribution is 4.85. The van der Waals surface area contributed by atoms with E-state index in [4.69, 9.17) is 5.73 Å². The molecule has 1 rings (SSSR count). The summed E-state index contributed by atoms with van der Waals surface area (Å²) < 4.78 is 0. The van der Waals surface area contributed by atoms with E-state index in [1.165, 1.54) is 51.4 Å². The van der Waals surface area contributed by atoms with E-state index in [2.05, 4.69) is 27.7 Å². The standard InChI is InChI=1S/C17H35N/c1-5-7-8-14(6-2)11-16-12-15(13(3)4)9-10-17(16)18/h13-17H,5-12,18H2,1-4H3. The number of unbranched alkanes of at least 4 members (excludes halogenated alkanes) is 1. The van der Waals surface area contributed by atoms with Crippen molar-refractivity contribution in [2.24, 2.45) is 29.4 Å². The van der Waals surface area contributed by atoms with Gasteiger partial charge in [-0.05, 0) is 49.4 Å². The van der Waals surface area contributed by atoms with Crippen LogP contribution in [-0.4, -0.2) is 6.04 Å². The molecule has 1 fully saturated rings. The monoisotopic (exact) mass is 253 g/mol. The summed E-state index contributed by atoms with van der Waals surface area (Å²) in [5, 5.41) is 0. The van der Waals surface area contributed by atoms with Crippen LogP contribution in [0.5, 0.6) is 0 Å². The van der Waals surface area contributed by atoms with E-state index in [0.29, 0.717) is 6.04 Å². The van der Waals surface area contributed by atoms with Crippen molar-refractivity contribution >= 4 is 0 Å². The minimum atomic E-state index is 0.482. The molecule has 0 heterocycles. The van der Waals surface area contributed by atoms with Gasteiger partial charge in [0.1, 0.15) is 0 Å². The maximum Gasteiger partial charge on any atom is 0.00674 e. The van der Waals surface area contributed by atoms with Crippen molar-refractivity contribution in [3.8, 4) is 0 Å². The molecule has 1 aliphatic carbocycles. The molecule has 0 saturated heterocycles.